The summed E-state index contributed by atoms with van der Waals surface area (Å²) in [4.78, 5) is 2.52. The van der Waals surface area contributed by atoms with Gasteiger partial charge in [0.05, 0.1) is 0 Å². The van der Waals surface area contributed by atoms with Crippen LogP contribution in [0.5, 0.6) is 0 Å². The maximum Gasteiger partial charge on any atom is 0.0278 e. The Hall–Kier alpha value is -0.300. The van der Waals surface area contributed by atoms with E-state index in [1.54, 1.807) is 5.57 Å². The van der Waals surface area contributed by atoms with E-state index in [9.17, 15) is 0 Å². The summed E-state index contributed by atoms with van der Waals surface area (Å²) in [5.74, 6) is 0. The van der Waals surface area contributed by atoms with Gasteiger partial charge in [0.15, 0.2) is 0 Å². The quantitative estimate of drug-likeness (QED) is 0.572. The van der Waals surface area contributed by atoms with Gasteiger partial charge in [-0.25, -0.2) is 0 Å². The summed E-state index contributed by atoms with van der Waals surface area (Å²) < 4.78 is 0. The monoisotopic (exact) mass is 167 g/mol. The molecule has 1 rings (SSSR count). The standard InChI is InChI=1S/C11H21N/c1-5-10-7-9(3)8-11(6-2)12(10)4/h7,10-11H,5-6,8H2,1-4H3. The van der Waals surface area contributed by atoms with Gasteiger partial charge in [-0.05, 0) is 33.2 Å². The molecule has 0 fully saturated rings. The van der Waals surface area contributed by atoms with Crippen LogP contribution in [0.3, 0.4) is 0 Å². The van der Waals surface area contributed by atoms with Gasteiger partial charge in [0.1, 0.15) is 0 Å². The van der Waals surface area contributed by atoms with E-state index in [2.05, 4.69) is 38.8 Å². The van der Waals surface area contributed by atoms with Crippen LogP contribution in [0.15, 0.2) is 11.6 Å². The van der Waals surface area contributed by atoms with E-state index in [4.69, 9.17) is 0 Å². The van der Waals surface area contributed by atoms with E-state index in [1.165, 1.54) is 19.3 Å². The molecular formula is C11H21N. The molecule has 70 valence electrons. The Morgan fingerprint density at radius 3 is 2.58 bits per heavy atom. The zero-order chi connectivity index (χ0) is 9.14. The van der Waals surface area contributed by atoms with Crippen LogP contribution in [0.25, 0.3) is 0 Å². The van der Waals surface area contributed by atoms with Crippen LogP contribution in [0, 0.1) is 0 Å². The van der Waals surface area contributed by atoms with Crippen LogP contribution in [0.2, 0.25) is 0 Å². The molecule has 1 aliphatic rings. The summed E-state index contributed by atoms with van der Waals surface area (Å²) in [7, 11) is 2.26. The molecule has 1 heterocycles. The first-order valence-electron chi connectivity index (χ1n) is 5.08. The van der Waals surface area contributed by atoms with E-state index in [1.807, 2.05) is 0 Å². The first-order valence-corrected chi connectivity index (χ1v) is 5.08. The third-order valence-corrected chi connectivity index (χ3v) is 3.02. The molecule has 0 saturated heterocycles. The second-order valence-corrected chi connectivity index (χ2v) is 3.92. The molecule has 1 heteroatoms. The Morgan fingerprint density at radius 2 is 2.08 bits per heavy atom. The van der Waals surface area contributed by atoms with Crippen molar-refractivity contribution >= 4 is 0 Å². The van der Waals surface area contributed by atoms with Crippen molar-refractivity contribution in [1.82, 2.24) is 4.90 Å². The van der Waals surface area contributed by atoms with Crippen molar-refractivity contribution in [1.29, 1.82) is 0 Å². The molecule has 0 spiro atoms. The number of nitrogens with zero attached hydrogens (tertiary/aromatic N) is 1. The van der Waals surface area contributed by atoms with Crippen molar-refractivity contribution in [2.75, 3.05) is 7.05 Å². The Bertz CT molecular complexity index is 172. The van der Waals surface area contributed by atoms with Gasteiger partial charge in [0.25, 0.3) is 0 Å². The van der Waals surface area contributed by atoms with Crippen molar-refractivity contribution in [2.24, 2.45) is 0 Å². The number of hydrogen-bond donors (Lipinski definition) is 0. The Morgan fingerprint density at radius 1 is 1.42 bits per heavy atom. The van der Waals surface area contributed by atoms with Gasteiger partial charge in [0.2, 0.25) is 0 Å². The van der Waals surface area contributed by atoms with Crippen LogP contribution in [-0.4, -0.2) is 24.0 Å². The largest absolute Gasteiger partial charge is 0.297 e. The summed E-state index contributed by atoms with van der Waals surface area (Å²) in [6.07, 6.45) is 6.21. The highest BCUT2D eigenvalue weighted by Gasteiger charge is 2.23. The average molecular weight is 167 g/mol. The van der Waals surface area contributed by atoms with E-state index >= 15 is 0 Å². The first kappa shape index (κ1) is 9.79. The topological polar surface area (TPSA) is 3.24 Å². The molecule has 2 atom stereocenters. The van der Waals surface area contributed by atoms with Crippen molar-refractivity contribution in [3.8, 4) is 0 Å². The molecule has 0 aromatic heterocycles. The highest BCUT2D eigenvalue weighted by Crippen LogP contribution is 2.23. The first-order chi connectivity index (χ1) is 5.69. The van der Waals surface area contributed by atoms with E-state index in [0.29, 0.717) is 6.04 Å². The van der Waals surface area contributed by atoms with Gasteiger partial charge in [-0.2, -0.15) is 0 Å². The maximum atomic E-state index is 2.52. The van der Waals surface area contributed by atoms with Gasteiger partial charge in [-0.15, -0.1) is 0 Å². The molecule has 0 bridgehead atoms. The fraction of sp³-hybridized carbons (Fsp3) is 0.818. The minimum Gasteiger partial charge on any atom is -0.297 e. The molecule has 0 saturated carbocycles. The molecule has 0 aliphatic carbocycles. The second kappa shape index (κ2) is 4.08. The van der Waals surface area contributed by atoms with Gasteiger partial charge < -0.3 is 0 Å². The Kier molecular flexibility index (Phi) is 3.33. The van der Waals surface area contributed by atoms with Crippen LogP contribution in [-0.2, 0) is 0 Å². The minimum absolute atomic E-state index is 0.684. The molecule has 2 unspecified atom stereocenters. The van der Waals surface area contributed by atoms with E-state index in [0.717, 1.165) is 6.04 Å². The summed E-state index contributed by atoms with van der Waals surface area (Å²) in [5, 5.41) is 0. The smallest absolute Gasteiger partial charge is 0.0278 e. The molecule has 0 radical (unpaired) electrons. The zero-order valence-electron chi connectivity index (χ0n) is 8.80. The molecule has 0 aromatic rings. The predicted molar refractivity (Wildman–Crippen MR) is 54.3 cm³/mol. The SMILES string of the molecule is CCC1C=C(C)CC(CC)N1C. The van der Waals surface area contributed by atoms with Crippen molar-refractivity contribution < 1.29 is 0 Å². The van der Waals surface area contributed by atoms with Gasteiger partial charge in [-0.3, -0.25) is 4.90 Å². The Labute approximate surface area is 76.5 Å². The van der Waals surface area contributed by atoms with Crippen molar-refractivity contribution in [3.05, 3.63) is 11.6 Å². The third kappa shape index (κ3) is 1.89. The fourth-order valence-corrected chi connectivity index (χ4v) is 2.14. The van der Waals surface area contributed by atoms with Crippen LogP contribution >= 0.6 is 0 Å². The number of rotatable bonds is 2. The lowest BCUT2D eigenvalue weighted by Crippen LogP contribution is -2.41. The minimum atomic E-state index is 0.684. The fourth-order valence-electron chi connectivity index (χ4n) is 2.14. The molecular weight excluding hydrogens is 146 g/mol. The maximum absolute atomic E-state index is 2.52. The van der Waals surface area contributed by atoms with Crippen LogP contribution in [0.1, 0.15) is 40.0 Å². The molecule has 0 aromatic carbocycles. The highest BCUT2D eigenvalue weighted by atomic mass is 15.2. The van der Waals surface area contributed by atoms with E-state index in [-0.39, 0.29) is 0 Å². The number of likely N-dealkylation sites (N-methyl/N-ethyl adjacent to an activating group) is 1. The van der Waals surface area contributed by atoms with Crippen molar-refractivity contribution in [3.63, 3.8) is 0 Å². The highest BCUT2D eigenvalue weighted by molar-refractivity contribution is 5.11. The average Bonchev–Trinajstić information content (AvgIpc) is 2.08. The summed E-state index contributed by atoms with van der Waals surface area (Å²) in [6.45, 7) is 6.81. The van der Waals surface area contributed by atoms with E-state index < -0.39 is 0 Å². The van der Waals surface area contributed by atoms with Crippen LogP contribution < -0.4 is 0 Å². The lowest BCUT2D eigenvalue weighted by Gasteiger charge is -2.37. The van der Waals surface area contributed by atoms with Gasteiger partial charge >= 0.3 is 0 Å². The van der Waals surface area contributed by atoms with Gasteiger partial charge in [0, 0.05) is 12.1 Å². The zero-order valence-corrected chi connectivity index (χ0v) is 8.80. The normalized spacial score (nSPS) is 31.8. The van der Waals surface area contributed by atoms with Crippen molar-refractivity contribution in [2.45, 2.75) is 52.1 Å². The Balaban J connectivity index is 2.70. The van der Waals surface area contributed by atoms with Crippen LogP contribution in [0.4, 0.5) is 0 Å². The molecule has 12 heavy (non-hydrogen) atoms. The second-order valence-electron chi connectivity index (χ2n) is 3.92. The lowest BCUT2D eigenvalue weighted by molar-refractivity contribution is 0.177. The number of hydrogen-bond acceptors (Lipinski definition) is 1. The summed E-state index contributed by atoms with van der Waals surface area (Å²) >= 11 is 0. The third-order valence-electron chi connectivity index (χ3n) is 3.02. The lowest BCUT2D eigenvalue weighted by atomic mass is 9.94. The molecule has 1 aliphatic heterocycles. The summed E-state index contributed by atoms with van der Waals surface area (Å²) in [5.41, 5.74) is 1.58. The van der Waals surface area contributed by atoms with Gasteiger partial charge in [-0.1, -0.05) is 25.5 Å². The molecule has 0 N–H and O–H groups in total. The predicted octanol–water partition coefficient (Wildman–Crippen LogP) is 2.83. The summed E-state index contributed by atoms with van der Waals surface area (Å²) in [6, 6.07) is 1.46. The molecule has 0 amide bonds. The molecule has 1 nitrogen and oxygen atoms in total.